The highest BCUT2D eigenvalue weighted by Crippen LogP contribution is 2.20. The van der Waals surface area contributed by atoms with Gasteiger partial charge in [0.05, 0.1) is 5.56 Å². The van der Waals surface area contributed by atoms with E-state index in [2.05, 4.69) is 10.3 Å². The summed E-state index contributed by atoms with van der Waals surface area (Å²) in [4.78, 5) is 3.81. The molecule has 3 N–H and O–H groups in total. The zero-order valence-corrected chi connectivity index (χ0v) is 10.3. The van der Waals surface area contributed by atoms with E-state index >= 15 is 0 Å². The second-order valence-electron chi connectivity index (χ2n) is 3.63. The third-order valence-electron chi connectivity index (χ3n) is 2.31. The Morgan fingerprint density at radius 2 is 2.41 bits per heavy atom. The molecule has 0 spiro atoms. The van der Waals surface area contributed by atoms with Crippen molar-refractivity contribution in [3.8, 4) is 6.07 Å². The molecule has 0 unspecified atom stereocenters. The number of nitrogens with two attached hydrogens (primary N) is 1. The lowest BCUT2D eigenvalue weighted by Gasteiger charge is -2.17. The SMILES string of the molecule is CCC[C@H](CN)Nc1nc(Cl)c(C#N)cc1F. The molecule has 1 heterocycles. The lowest BCUT2D eigenvalue weighted by Crippen LogP contribution is -2.29. The number of nitriles is 1. The third-order valence-corrected chi connectivity index (χ3v) is 2.60. The van der Waals surface area contributed by atoms with Crippen LogP contribution in [0.15, 0.2) is 6.07 Å². The molecule has 17 heavy (non-hydrogen) atoms. The molecule has 0 aliphatic heterocycles. The van der Waals surface area contributed by atoms with Crippen molar-refractivity contribution < 1.29 is 4.39 Å². The van der Waals surface area contributed by atoms with Crippen LogP contribution in [-0.4, -0.2) is 17.6 Å². The summed E-state index contributed by atoms with van der Waals surface area (Å²) in [5.41, 5.74) is 5.58. The number of pyridine rings is 1. The smallest absolute Gasteiger partial charge is 0.166 e. The van der Waals surface area contributed by atoms with Crippen LogP contribution in [0, 0.1) is 17.1 Å². The Kier molecular flexibility index (Phi) is 5.13. The molecule has 1 aromatic heterocycles. The summed E-state index contributed by atoms with van der Waals surface area (Å²) in [6.45, 7) is 2.40. The first-order valence-electron chi connectivity index (χ1n) is 5.35. The van der Waals surface area contributed by atoms with Crippen molar-refractivity contribution in [2.24, 2.45) is 5.73 Å². The van der Waals surface area contributed by atoms with E-state index < -0.39 is 5.82 Å². The lowest BCUT2D eigenvalue weighted by atomic mass is 10.1. The van der Waals surface area contributed by atoms with Gasteiger partial charge in [-0.1, -0.05) is 24.9 Å². The average Bonchev–Trinajstić information content (AvgIpc) is 2.32. The first-order chi connectivity index (χ1) is 8.12. The van der Waals surface area contributed by atoms with Gasteiger partial charge < -0.3 is 11.1 Å². The molecule has 0 saturated carbocycles. The van der Waals surface area contributed by atoms with Crippen molar-refractivity contribution >= 4 is 17.4 Å². The van der Waals surface area contributed by atoms with E-state index in [1.165, 1.54) is 0 Å². The Morgan fingerprint density at radius 3 is 2.94 bits per heavy atom. The van der Waals surface area contributed by atoms with Crippen LogP contribution in [0.5, 0.6) is 0 Å². The second-order valence-corrected chi connectivity index (χ2v) is 3.99. The maximum absolute atomic E-state index is 13.6. The minimum atomic E-state index is -0.597. The molecule has 1 aromatic rings. The summed E-state index contributed by atoms with van der Waals surface area (Å²) in [5.74, 6) is -0.557. The van der Waals surface area contributed by atoms with Crippen molar-refractivity contribution in [2.75, 3.05) is 11.9 Å². The molecule has 0 amide bonds. The monoisotopic (exact) mass is 256 g/mol. The Morgan fingerprint density at radius 1 is 1.71 bits per heavy atom. The maximum atomic E-state index is 13.6. The minimum Gasteiger partial charge on any atom is -0.364 e. The fourth-order valence-electron chi connectivity index (χ4n) is 1.44. The highest BCUT2D eigenvalue weighted by atomic mass is 35.5. The van der Waals surface area contributed by atoms with Crippen molar-refractivity contribution in [3.63, 3.8) is 0 Å². The summed E-state index contributed by atoms with van der Waals surface area (Å²) in [5, 5.41) is 11.5. The number of hydrogen-bond donors (Lipinski definition) is 2. The van der Waals surface area contributed by atoms with Gasteiger partial charge in [-0.3, -0.25) is 0 Å². The van der Waals surface area contributed by atoms with Crippen LogP contribution in [0.25, 0.3) is 0 Å². The summed E-state index contributed by atoms with van der Waals surface area (Å²) < 4.78 is 13.6. The third kappa shape index (κ3) is 3.55. The van der Waals surface area contributed by atoms with Crippen molar-refractivity contribution in [2.45, 2.75) is 25.8 Å². The van der Waals surface area contributed by atoms with Crippen molar-refractivity contribution in [1.29, 1.82) is 5.26 Å². The number of aromatic nitrogens is 1. The number of halogens is 2. The topological polar surface area (TPSA) is 74.7 Å². The van der Waals surface area contributed by atoms with Gasteiger partial charge in [-0.2, -0.15) is 5.26 Å². The maximum Gasteiger partial charge on any atom is 0.166 e. The predicted octanol–water partition coefficient (Wildman–Crippen LogP) is 2.29. The van der Waals surface area contributed by atoms with Gasteiger partial charge in [0.2, 0.25) is 0 Å². The summed E-state index contributed by atoms with van der Waals surface area (Å²) in [6, 6.07) is 2.79. The fraction of sp³-hybridized carbons (Fsp3) is 0.455. The number of nitrogens with zero attached hydrogens (tertiary/aromatic N) is 2. The van der Waals surface area contributed by atoms with Crippen LogP contribution in [0.4, 0.5) is 10.2 Å². The fourth-order valence-corrected chi connectivity index (χ4v) is 1.62. The number of rotatable bonds is 5. The molecule has 4 nitrogen and oxygen atoms in total. The van der Waals surface area contributed by atoms with Gasteiger partial charge in [0.15, 0.2) is 11.6 Å². The molecular weight excluding hydrogens is 243 g/mol. The highest BCUT2D eigenvalue weighted by molar-refractivity contribution is 6.30. The van der Waals surface area contributed by atoms with Gasteiger partial charge in [0.1, 0.15) is 11.2 Å². The van der Waals surface area contributed by atoms with E-state index in [1.54, 1.807) is 6.07 Å². The van der Waals surface area contributed by atoms with Crippen LogP contribution < -0.4 is 11.1 Å². The normalized spacial score (nSPS) is 11.9. The van der Waals surface area contributed by atoms with E-state index in [0.717, 1.165) is 18.9 Å². The zero-order valence-electron chi connectivity index (χ0n) is 9.50. The Labute approximate surface area is 105 Å². The first kappa shape index (κ1) is 13.7. The van der Waals surface area contributed by atoms with Crippen LogP contribution in [0.2, 0.25) is 5.15 Å². The highest BCUT2D eigenvalue weighted by Gasteiger charge is 2.13. The number of hydrogen-bond acceptors (Lipinski definition) is 4. The summed E-state index contributed by atoms with van der Waals surface area (Å²) >= 11 is 5.73. The van der Waals surface area contributed by atoms with E-state index in [9.17, 15) is 4.39 Å². The lowest BCUT2D eigenvalue weighted by molar-refractivity contribution is 0.603. The van der Waals surface area contributed by atoms with Crippen molar-refractivity contribution in [3.05, 3.63) is 22.6 Å². The Balaban J connectivity index is 2.92. The second kappa shape index (κ2) is 6.38. The molecule has 92 valence electrons. The summed E-state index contributed by atoms with van der Waals surface area (Å²) in [6.07, 6.45) is 1.75. The first-order valence-corrected chi connectivity index (χ1v) is 5.72. The molecule has 0 bridgehead atoms. The Bertz CT molecular complexity index is 430. The number of nitrogens with one attached hydrogen (secondary N) is 1. The van der Waals surface area contributed by atoms with Crippen LogP contribution in [-0.2, 0) is 0 Å². The molecule has 0 aliphatic rings. The average molecular weight is 257 g/mol. The van der Waals surface area contributed by atoms with Crippen molar-refractivity contribution in [1.82, 2.24) is 4.98 Å². The van der Waals surface area contributed by atoms with E-state index in [0.29, 0.717) is 6.54 Å². The molecule has 0 fully saturated rings. The molecule has 0 aromatic carbocycles. The standard InChI is InChI=1S/C11H14ClFN4/c1-2-3-8(6-15)16-11-9(13)4-7(5-14)10(12)17-11/h4,8H,2-3,6,15H2,1H3,(H,16,17)/t8-/m1/s1. The predicted molar refractivity (Wildman–Crippen MR) is 65.3 cm³/mol. The van der Waals surface area contributed by atoms with Gasteiger partial charge >= 0.3 is 0 Å². The largest absolute Gasteiger partial charge is 0.364 e. The molecule has 0 radical (unpaired) electrons. The summed E-state index contributed by atoms with van der Waals surface area (Å²) in [7, 11) is 0. The minimum absolute atomic E-state index is 0.0105. The van der Waals surface area contributed by atoms with Gasteiger partial charge in [-0.05, 0) is 12.5 Å². The molecular formula is C11H14ClFN4. The quantitative estimate of drug-likeness (QED) is 0.793. The number of anilines is 1. The molecule has 0 saturated heterocycles. The molecule has 0 aliphatic carbocycles. The molecule has 1 rings (SSSR count). The van der Waals surface area contributed by atoms with E-state index in [-0.39, 0.29) is 22.6 Å². The van der Waals surface area contributed by atoms with E-state index in [4.69, 9.17) is 22.6 Å². The van der Waals surface area contributed by atoms with E-state index in [1.807, 2.05) is 6.92 Å². The van der Waals surface area contributed by atoms with Crippen LogP contribution in [0.3, 0.4) is 0 Å². The van der Waals surface area contributed by atoms with Gasteiger partial charge in [0.25, 0.3) is 0 Å². The Hall–Kier alpha value is -1.38. The molecule has 6 heteroatoms. The van der Waals surface area contributed by atoms with Crippen LogP contribution in [0.1, 0.15) is 25.3 Å². The molecule has 1 atom stereocenters. The van der Waals surface area contributed by atoms with Gasteiger partial charge in [0, 0.05) is 12.6 Å². The zero-order chi connectivity index (χ0) is 12.8. The van der Waals surface area contributed by atoms with Gasteiger partial charge in [-0.15, -0.1) is 0 Å². The van der Waals surface area contributed by atoms with Crippen LogP contribution >= 0.6 is 11.6 Å². The van der Waals surface area contributed by atoms with Gasteiger partial charge in [-0.25, -0.2) is 9.37 Å².